The predicted molar refractivity (Wildman–Crippen MR) is 147 cm³/mol. The first-order valence-electron chi connectivity index (χ1n) is 11.6. The highest BCUT2D eigenvalue weighted by Crippen LogP contribution is 2.36. The number of hydrogen-bond donors (Lipinski definition) is 1. The number of imidazole rings is 1. The van der Waals surface area contributed by atoms with E-state index in [2.05, 4.69) is 73.5 Å². The van der Waals surface area contributed by atoms with E-state index in [1.54, 1.807) is 12.4 Å². The number of H-pyrrole nitrogens is 1. The zero-order chi connectivity index (χ0) is 24.1. The second kappa shape index (κ2) is 8.39. The molecule has 0 fully saturated rings. The molecule has 3 aromatic carbocycles. The summed E-state index contributed by atoms with van der Waals surface area (Å²) in [5, 5.41) is 6.97. The summed E-state index contributed by atoms with van der Waals surface area (Å²) in [5.74, 6) is 0.767. The number of nitrogens with zero attached hydrogens (tertiary/aromatic N) is 5. The average molecular weight is 531 g/mol. The van der Waals surface area contributed by atoms with Crippen LogP contribution in [-0.2, 0) is 6.54 Å². The van der Waals surface area contributed by atoms with Gasteiger partial charge in [0.25, 0.3) is 0 Å². The minimum absolute atomic E-state index is 0.671. The van der Waals surface area contributed by atoms with Crippen molar-refractivity contribution < 1.29 is 0 Å². The van der Waals surface area contributed by atoms with Gasteiger partial charge >= 0.3 is 0 Å². The number of fused-ring (bicyclic) bond motifs is 6. The summed E-state index contributed by atoms with van der Waals surface area (Å²) in [7, 11) is 0. The van der Waals surface area contributed by atoms with Gasteiger partial charge in [-0.1, -0.05) is 58.4 Å². The third-order valence-electron chi connectivity index (χ3n) is 6.39. The van der Waals surface area contributed by atoms with Gasteiger partial charge in [-0.25, -0.2) is 4.98 Å². The maximum atomic E-state index is 5.10. The Morgan fingerprint density at radius 2 is 1.47 bits per heavy atom. The van der Waals surface area contributed by atoms with Gasteiger partial charge in [-0.2, -0.15) is 5.10 Å². The molecule has 4 heterocycles. The molecule has 1 N–H and O–H groups in total. The van der Waals surface area contributed by atoms with Crippen molar-refractivity contribution in [2.24, 2.45) is 0 Å². The van der Waals surface area contributed by atoms with Crippen LogP contribution in [0.1, 0.15) is 5.56 Å². The molecule has 7 heteroatoms. The molecule has 0 aliphatic carbocycles. The van der Waals surface area contributed by atoms with E-state index in [0.29, 0.717) is 6.54 Å². The number of hydrogen-bond acceptors (Lipinski definition) is 4. The Labute approximate surface area is 214 Å². The first-order chi connectivity index (χ1) is 17.7. The van der Waals surface area contributed by atoms with E-state index in [1.807, 2.05) is 47.1 Å². The van der Waals surface area contributed by atoms with Crippen LogP contribution in [0.2, 0.25) is 0 Å². The smallest absolute Gasteiger partial charge is 0.142 e. The van der Waals surface area contributed by atoms with E-state index in [9.17, 15) is 0 Å². The Morgan fingerprint density at radius 3 is 2.25 bits per heavy atom. The number of halogens is 1. The Kier molecular flexibility index (Phi) is 4.89. The molecular weight excluding hydrogens is 512 g/mol. The van der Waals surface area contributed by atoms with Crippen LogP contribution in [0.5, 0.6) is 0 Å². The van der Waals surface area contributed by atoms with E-state index in [1.165, 1.54) is 5.56 Å². The third-order valence-corrected chi connectivity index (χ3v) is 6.92. The van der Waals surface area contributed by atoms with Gasteiger partial charge in [0.05, 0.1) is 34.2 Å². The molecule has 7 aromatic rings. The van der Waals surface area contributed by atoms with Crippen LogP contribution in [0.4, 0.5) is 0 Å². The lowest BCUT2D eigenvalue weighted by Crippen LogP contribution is -1.99. The standard InChI is InChI=1S/C29H19BrN6/c30-20-12-10-19(11-13-20)24-23(17-36(35-24)16-18-6-2-1-3-7-18)29-33-27-21-8-4-14-31-25(21)26-22(28(27)34-29)9-5-15-32-26/h1-15,17H,16H2,(H,33,34). The van der Waals surface area contributed by atoms with Gasteiger partial charge in [0.2, 0.25) is 0 Å². The fraction of sp³-hybridized carbons (Fsp3) is 0.0345. The summed E-state index contributed by atoms with van der Waals surface area (Å²) in [6, 6.07) is 26.6. The molecule has 0 unspecified atom stereocenters. The van der Waals surface area contributed by atoms with E-state index < -0.39 is 0 Å². The van der Waals surface area contributed by atoms with Crippen molar-refractivity contribution in [1.29, 1.82) is 0 Å². The number of aromatic amines is 1. The molecule has 36 heavy (non-hydrogen) atoms. The molecule has 0 atom stereocenters. The maximum absolute atomic E-state index is 5.10. The number of nitrogens with one attached hydrogen (secondary N) is 1. The molecule has 0 bridgehead atoms. The molecule has 0 saturated heterocycles. The minimum atomic E-state index is 0.671. The van der Waals surface area contributed by atoms with Crippen LogP contribution in [0.25, 0.3) is 55.5 Å². The molecule has 0 amide bonds. The molecule has 6 nitrogen and oxygen atoms in total. The molecule has 172 valence electrons. The van der Waals surface area contributed by atoms with Crippen LogP contribution in [0.3, 0.4) is 0 Å². The first kappa shape index (κ1) is 21.0. The summed E-state index contributed by atoms with van der Waals surface area (Å²) in [4.78, 5) is 18.0. The van der Waals surface area contributed by atoms with Crippen LogP contribution in [0.15, 0.2) is 102 Å². The predicted octanol–water partition coefficient (Wildman–Crippen LogP) is 7.00. The van der Waals surface area contributed by atoms with Crippen molar-refractivity contribution in [2.45, 2.75) is 6.54 Å². The molecule has 0 saturated carbocycles. The van der Waals surface area contributed by atoms with Gasteiger partial charge in [0, 0.05) is 39.4 Å². The van der Waals surface area contributed by atoms with Crippen molar-refractivity contribution >= 4 is 48.8 Å². The fourth-order valence-corrected chi connectivity index (χ4v) is 5.00. The summed E-state index contributed by atoms with van der Waals surface area (Å²) < 4.78 is 3.01. The van der Waals surface area contributed by atoms with Gasteiger partial charge in [0.1, 0.15) is 11.5 Å². The SMILES string of the molecule is Brc1ccc(-c2nn(Cc3ccccc3)cc2-c2nc3c4cccnc4c4ncccc4c3[nH]2)cc1. The second-order valence-electron chi connectivity index (χ2n) is 8.69. The molecule has 0 aliphatic rings. The van der Waals surface area contributed by atoms with Gasteiger partial charge < -0.3 is 4.98 Å². The van der Waals surface area contributed by atoms with Crippen molar-refractivity contribution in [3.05, 3.63) is 107 Å². The zero-order valence-corrected chi connectivity index (χ0v) is 20.6. The van der Waals surface area contributed by atoms with Crippen molar-refractivity contribution in [1.82, 2.24) is 29.7 Å². The molecule has 0 aliphatic heterocycles. The molecule has 7 rings (SSSR count). The van der Waals surface area contributed by atoms with E-state index in [4.69, 9.17) is 10.1 Å². The molecule has 0 spiro atoms. The monoisotopic (exact) mass is 530 g/mol. The Morgan fingerprint density at radius 1 is 0.750 bits per heavy atom. The van der Waals surface area contributed by atoms with Crippen molar-refractivity contribution in [3.8, 4) is 22.6 Å². The number of pyridine rings is 2. The maximum Gasteiger partial charge on any atom is 0.142 e. The third kappa shape index (κ3) is 3.48. The van der Waals surface area contributed by atoms with Crippen LogP contribution >= 0.6 is 15.9 Å². The first-order valence-corrected chi connectivity index (χ1v) is 12.4. The highest BCUT2D eigenvalue weighted by Gasteiger charge is 2.20. The lowest BCUT2D eigenvalue weighted by atomic mass is 10.1. The Balaban J connectivity index is 1.47. The molecule has 4 aromatic heterocycles. The summed E-state index contributed by atoms with van der Waals surface area (Å²) in [6.45, 7) is 0.671. The lowest BCUT2D eigenvalue weighted by Gasteiger charge is -2.03. The van der Waals surface area contributed by atoms with E-state index in [0.717, 1.165) is 60.0 Å². The van der Waals surface area contributed by atoms with Gasteiger partial charge in [0.15, 0.2) is 0 Å². The van der Waals surface area contributed by atoms with E-state index >= 15 is 0 Å². The van der Waals surface area contributed by atoms with Crippen LogP contribution < -0.4 is 0 Å². The summed E-state index contributed by atoms with van der Waals surface area (Å²) >= 11 is 3.54. The highest BCUT2D eigenvalue weighted by molar-refractivity contribution is 9.10. The van der Waals surface area contributed by atoms with Gasteiger partial charge in [-0.3, -0.25) is 14.6 Å². The van der Waals surface area contributed by atoms with Crippen LogP contribution in [0, 0.1) is 0 Å². The lowest BCUT2D eigenvalue weighted by molar-refractivity contribution is 0.689. The number of aromatic nitrogens is 6. The van der Waals surface area contributed by atoms with Crippen molar-refractivity contribution in [2.75, 3.05) is 0 Å². The summed E-state index contributed by atoms with van der Waals surface area (Å²) in [6.07, 6.45) is 5.68. The Hall–Kier alpha value is -4.36. The fourth-order valence-electron chi connectivity index (χ4n) is 4.74. The zero-order valence-electron chi connectivity index (χ0n) is 19.1. The number of rotatable bonds is 4. The normalized spacial score (nSPS) is 11.6. The highest BCUT2D eigenvalue weighted by atomic mass is 79.9. The van der Waals surface area contributed by atoms with E-state index in [-0.39, 0.29) is 0 Å². The summed E-state index contributed by atoms with van der Waals surface area (Å²) in [5.41, 5.74) is 7.58. The van der Waals surface area contributed by atoms with Crippen LogP contribution in [-0.4, -0.2) is 29.7 Å². The quantitative estimate of drug-likeness (QED) is 0.248. The largest absolute Gasteiger partial charge is 0.337 e. The van der Waals surface area contributed by atoms with Crippen molar-refractivity contribution in [3.63, 3.8) is 0 Å². The number of benzene rings is 3. The van der Waals surface area contributed by atoms with Gasteiger partial charge in [-0.15, -0.1) is 0 Å². The topological polar surface area (TPSA) is 72.3 Å². The van der Waals surface area contributed by atoms with Gasteiger partial charge in [-0.05, 0) is 42.0 Å². The molecular formula is C29H19BrN6. The average Bonchev–Trinajstić information content (AvgIpc) is 3.55. The minimum Gasteiger partial charge on any atom is -0.337 e. The second-order valence-corrected chi connectivity index (χ2v) is 9.61. The molecule has 0 radical (unpaired) electrons. The Bertz CT molecular complexity index is 1800.